The molecule has 1 aromatic carbocycles. The summed E-state index contributed by atoms with van der Waals surface area (Å²) >= 11 is 2.66. The van der Waals surface area contributed by atoms with Crippen LogP contribution < -0.4 is 16.2 Å². The Morgan fingerprint density at radius 2 is 1.90 bits per heavy atom. The van der Waals surface area contributed by atoms with Crippen molar-refractivity contribution < 1.29 is 9.59 Å². The lowest BCUT2D eigenvalue weighted by Crippen LogP contribution is -2.22. The number of carbonyl (C=O) groups excluding carboxylic acids is 2. The van der Waals surface area contributed by atoms with Crippen LogP contribution in [0.2, 0.25) is 0 Å². The van der Waals surface area contributed by atoms with Crippen molar-refractivity contribution in [1.29, 1.82) is 0 Å². The summed E-state index contributed by atoms with van der Waals surface area (Å²) in [6.07, 6.45) is 2.13. The summed E-state index contributed by atoms with van der Waals surface area (Å²) in [6, 6.07) is 10.7. The minimum atomic E-state index is -0.527. The molecule has 146 valence electrons. The minimum absolute atomic E-state index is 0.0134. The number of H-pyrrole nitrogens is 1. The van der Waals surface area contributed by atoms with Crippen LogP contribution in [0.3, 0.4) is 0 Å². The number of hydrogen-bond acceptors (Lipinski definition) is 7. The largest absolute Gasteiger partial charge is 0.328 e. The summed E-state index contributed by atoms with van der Waals surface area (Å²) in [5.74, 6) is -0.681. The molecule has 2 amide bonds. The van der Waals surface area contributed by atoms with Crippen LogP contribution in [0, 0.1) is 0 Å². The van der Waals surface area contributed by atoms with Gasteiger partial charge in [-0.15, -0.1) is 11.3 Å². The van der Waals surface area contributed by atoms with Crippen molar-refractivity contribution in [1.82, 2.24) is 15.0 Å². The fourth-order valence-electron chi connectivity index (χ4n) is 2.59. The van der Waals surface area contributed by atoms with Crippen LogP contribution in [-0.4, -0.2) is 26.8 Å². The molecular formula is C19H15N5O3S2. The number of rotatable bonds is 6. The van der Waals surface area contributed by atoms with Crippen LogP contribution in [0.4, 0.5) is 10.3 Å². The third kappa shape index (κ3) is 4.55. The third-order valence-electron chi connectivity index (χ3n) is 3.98. The predicted molar refractivity (Wildman–Crippen MR) is 114 cm³/mol. The Labute approximate surface area is 172 Å². The van der Waals surface area contributed by atoms with Gasteiger partial charge in [-0.3, -0.25) is 19.7 Å². The number of aromatic amines is 1. The van der Waals surface area contributed by atoms with E-state index in [9.17, 15) is 14.4 Å². The quantitative estimate of drug-likeness (QED) is 0.438. The van der Waals surface area contributed by atoms with Crippen LogP contribution in [0.5, 0.6) is 0 Å². The van der Waals surface area contributed by atoms with Gasteiger partial charge in [0.15, 0.2) is 10.3 Å². The number of nitrogens with one attached hydrogen (secondary N) is 3. The summed E-state index contributed by atoms with van der Waals surface area (Å²) in [5, 5.41) is 8.12. The first kappa shape index (κ1) is 19.0. The minimum Gasteiger partial charge on any atom is -0.328 e. The number of fused-ring (bicyclic) bond motifs is 1. The number of para-hydroxylation sites is 1. The molecule has 3 aromatic heterocycles. The first-order chi connectivity index (χ1) is 14.1. The smallest absolute Gasteiger partial charge is 0.263 e. The molecule has 4 rings (SSSR count). The van der Waals surface area contributed by atoms with E-state index >= 15 is 0 Å². The summed E-state index contributed by atoms with van der Waals surface area (Å²) in [7, 11) is 0. The van der Waals surface area contributed by atoms with E-state index in [0.717, 1.165) is 10.2 Å². The fraction of sp³-hybridized carbons (Fsp3) is 0.105. The summed E-state index contributed by atoms with van der Waals surface area (Å²) in [5.41, 5.74) is 1.09. The van der Waals surface area contributed by atoms with Gasteiger partial charge in [0, 0.05) is 18.0 Å². The number of anilines is 2. The highest BCUT2D eigenvalue weighted by Crippen LogP contribution is 2.25. The number of aryl methyl sites for hydroxylation is 1. The number of thiazole rings is 2. The molecule has 3 N–H and O–H groups in total. The van der Waals surface area contributed by atoms with Crippen LogP contribution in [0.25, 0.3) is 10.2 Å². The maximum atomic E-state index is 12.2. The average molecular weight is 425 g/mol. The zero-order valence-electron chi connectivity index (χ0n) is 15.0. The van der Waals surface area contributed by atoms with Gasteiger partial charge >= 0.3 is 0 Å². The van der Waals surface area contributed by atoms with Gasteiger partial charge in [-0.2, -0.15) is 0 Å². The number of hydrogen-bond donors (Lipinski definition) is 3. The first-order valence-electron chi connectivity index (χ1n) is 8.67. The highest BCUT2D eigenvalue weighted by atomic mass is 32.1. The van der Waals surface area contributed by atoms with Crippen molar-refractivity contribution in [2.75, 3.05) is 10.6 Å². The van der Waals surface area contributed by atoms with Crippen molar-refractivity contribution in [3.05, 3.63) is 69.6 Å². The van der Waals surface area contributed by atoms with Crippen LogP contribution in [0.15, 0.2) is 52.8 Å². The monoisotopic (exact) mass is 425 g/mol. The lowest BCUT2D eigenvalue weighted by molar-refractivity contribution is -0.116. The maximum absolute atomic E-state index is 12.2. The van der Waals surface area contributed by atoms with Gasteiger partial charge in [-0.05, 0) is 30.7 Å². The molecule has 0 unspecified atom stereocenters. The van der Waals surface area contributed by atoms with Crippen LogP contribution in [0.1, 0.15) is 22.5 Å². The molecule has 0 saturated carbocycles. The van der Waals surface area contributed by atoms with Gasteiger partial charge in [0.2, 0.25) is 5.91 Å². The van der Waals surface area contributed by atoms with E-state index in [-0.39, 0.29) is 17.9 Å². The van der Waals surface area contributed by atoms with E-state index in [1.807, 2.05) is 24.3 Å². The van der Waals surface area contributed by atoms with Gasteiger partial charge in [-0.25, -0.2) is 9.97 Å². The van der Waals surface area contributed by atoms with Gasteiger partial charge in [-0.1, -0.05) is 23.5 Å². The van der Waals surface area contributed by atoms with Gasteiger partial charge < -0.3 is 10.3 Å². The van der Waals surface area contributed by atoms with E-state index in [2.05, 4.69) is 25.6 Å². The van der Waals surface area contributed by atoms with E-state index in [1.54, 1.807) is 11.4 Å². The van der Waals surface area contributed by atoms with Crippen LogP contribution in [-0.2, 0) is 11.2 Å². The second kappa shape index (κ2) is 8.33. The molecule has 0 bridgehead atoms. The molecule has 0 aliphatic carbocycles. The number of benzene rings is 1. The number of aromatic nitrogens is 3. The Kier molecular flexibility index (Phi) is 5.45. The lowest BCUT2D eigenvalue weighted by atomic mass is 10.2. The molecule has 4 aromatic rings. The number of carbonyl (C=O) groups is 2. The molecule has 0 aliphatic rings. The average Bonchev–Trinajstić information content (AvgIpc) is 3.32. The second-order valence-electron chi connectivity index (χ2n) is 6.05. The summed E-state index contributed by atoms with van der Waals surface area (Å²) < 4.78 is 1.01. The normalized spacial score (nSPS) is 10.8. The molecular weight excluding hydrogens is 410 g/mol. The number of pyridine rings is 1. The highest BCUT2D eigenvalue weighted by Gasteiger charge is 2.13. The van der Waals surface area contributed by atoms with Gasteiger partial charge in [0.1, 0.15) is 5.56 Å². The molecule has 8 nitrogen and oxygen atoms in total. The molecule has 0 atom stereocenters. The Hall–Kier alpha value is -3.37. The second-order valence-corrected chi connectivity index (χ2v) is 7.93. The Bertz CT molecular complexity index is 1210. The first-order valence-corrected chi connectivity index (χ1v) is 10.4. The van der Waals surface area contributed by atoms with Crippen LogP contribution >= 0.6 is 22.7 Å². The molecule has 3 heterocycles. The lowest BCUT2D eigenvalue weighted by Gasteiger charge is -2.01. The Balaban J connectivity index is 1.32. The highest BCUT2D eigenvalue weighted by molar-refractivity contribution is 7.22. The van der Waals surface area contributed by atoms with E-state index in [0.29, 0.717) is 22.4 Å². The molecule has 0 fully saturated rings. The zero-order chi connectivity index (χ0) is 20.2. The van der Waals surface area contributed by atoms with Crippen molar-refractivity contribution >= 4 is 55.0 Å². The predicted octanol–water partition coefficient (Wildman–Crippen LogP) is 3.26. The standard InChI is InChI=1S/C19H15N5O3S2/c25-15(23-19-22-13-5-1-2-6-14(13)29-19)8-7-11-10-28-18(21-11)24-17(27)12-4-3-9-20-16(12)26/h1-6,9-10H,7-8H2,(H,20,26)(H,21,24,27)(H,22,23,25). The number of nitrogens with zero attached hydrogens (tertiary/aromatic N) is 2. The van der Waals surface area contributed by atoms with E-state index < -0.39 is 11.5 Å². The SMILES string of the molecule is O=C(CCc1csc(NC(=O)c2ccc[nH]c2=O)n1)Nc1nc2ccccc2s1. The van der Waals surface area contributed by atoms with Crippen molar-refractivity contribution in [3.63, 3.8) is 0 Å². The third-order valence-corrected chi connectivity index (χ3v) is 5.74. The number of amides is 2. The summed E-state index contributed by atoms with van der Waals surface area (Å²) in [6.45, 7) is 0. The molecule has 29 heavy (non-hydrogen) atoms. The fourth-order valence-corrected chi connectivity index (χ4v) is 4.21. The van der Waals surface area contributed by atoms with E-state index in [1.165, 1.54) is 34.9 Å². The molecule has 0 spiro atoms. The Morgan fingerprint density at radius 1 is 1.03 bits per heavy atom. The van der Waals surface area contributed by atoms with Crippen molar-refractivity contribution in [3.8, 4) is 0 Å². The van der Waals surface area contributed by atoms with E-state index in [4.69, 9.17) is 0 Å². The molecule has 0 radical (unpaired) electrons. The molecule has 10 heteroatoms. The molecule has 0 aliphatic heterocycles. The Morgan fingerprint density at radius 3 is 2.72 bits per heavy atom. The topological polar surface area (TPSA) is 117 Å². The maximum Gasteiger partial charge on any atom is 0.263 e. The van der Waals surface area contributed by atoms with Crippen molar-refractivity contribution in [2.45, 2.75) is 12.8 Å². The zero-order valence-corrected chi connectivity index (χ0v) is 16.6. The van der Waals surface area contributed by atoms with Crippen molar-refractivity contribution in [2.24, 2.45) is 0 Å². The van der Waals surface area contributed by atoms with Gasteiger partial charge in [0.25, 0.3) is 11.5 Å². The molecule has 0 saturated heterocycles. The summed E-state index contributed by atoms with van der Waals surface area (Å²) in [4.78, 5) is 47.1. The van der Waals surface area contributed by atoms with Gasteiger partial charge in [0.05, 0.1) is 15.9 Å².